The molecule has 0 bridgehead atoms. The summed E-state index contributed by atoms with van der Waals surface area (Å²) in [6.07, 6.45) is 2.62. The normalized spacial score (nSPS) is 18.8. The molecule has 0 N–H and O–H groups in total. The van der Waals surface area contributed by atoms with Gasteiger partial charge >= 0.3 is 0 Å². The van der Waals surface area contributed by atoms with Crippen LogP contribution >= 0.6 is 0 Å². The number of nitrogens with zero attached hydrogens (tertiary/aromatic N) is 2. The van der Waals surface area contributed by atoms with Crippen molar-refractivity contribution in [3.8, 4) is 0 Å². The molecule has 0 unspecified atom stereocenters. The molecule has 2 nitrogen and oxygen atoms in total. The van der Waals surface area contributed by atoms with Crippen LogP contribution in [-0.2, 0) is 0 Å². The summed E-state index contributed by atoms with van der Waals surface area (Å²) in [5.41, 5.74) is 1.74. The van der Waals surface area contributed by atoms with Gasteiger partial charge in [0.15, 0.2) is 0 Å². The Hall–Kier alpha value is -0.500. The number of hydrogen-bond acceptors (Lipinski definition) is 2. The molecular formula is C16H32N2. The molecule has 0 aromatic heterocycles. The number of likely N-dealkylation sites (tertiary alicyclic amines) is 1. The third kappa shape index (κ3) is 4.01. The van der Waals surface area contributed by atoms with E-state index < -0.39 is 0 Å². The molecule has 1 aliphatic rings. The maximum atomic E-state index is 4.23. The largest absolute Gasteiger partial charge is 0.375 e. The van der Waals surface area contributed by atoms with Gasteiger partial charge in [0.2, 0.25) is 0 Å². The van der Waals surface area contributed by atoms with Crippen molar-refractivity contribution in [1.29, 1.82) is 0 Å². The fourth-order valence-electron chi connectivity index (χ4n) is 3.26. The Morgan fingerprint density at radius 1 is 1.28 bits per heavy atom. The van der Waals surface area contributed by atoms with E-state index in [9.17, 15) is 0 Å². The van der Waals surface area contributed by atoms with E-state index >= 15 is 0 Å². The van der Waals surface area contributed by atoms with Gasteiger partial charge in [-0.1, -0.05) is 34.3 Å². The van der Waals surface area contributed by atoms with Crippen molar-refractivity contribution in [2.45, 2.75) is 40.5 Å². The Morgan fingerprint density at radius 2 is 1.78 bits per heavy atom. The Balaban J connectivity index is 2.51. The lowest BCUT2D eigenvalue weighted by atomic mass is 9.73. The van der Waals surface area contributed by atoms with Crippen molar-refractivity contribution in [2.24, 2.45) is 17.3 Å². The van der Waals surface area contributed by atoms with Gasteiger partial charge in [-0.3, -0.25) is 0 Å². The van der Waals surface area contributed by atoms with E-state index in [1.807, 2.05) is 0 Å². The third-order valence-corrected chi connectivity index (χ3v) is 4.40. The predicted molar refractivity (Wildman–Crippen MR) is 80.6 cm³/mol. The first-order chi connectivity index (χ1) is 8.24. The molecule has 1 heterocycles. The van der Waals surface area contributed by atoms with Gasteiger partial charge in [0.05, 0.1) is 0 Å². The van der Waals surface area contributed by atoms with Crippen LogP contribution in [0.25, 0.3) is 0 Å². The highest BCUT2D eigenvalue weighted by Crippen LogP contribution is 2.36. The van der Waals surface area contributed by atoms with E-state index in [4.69, 9.17) is 0 Å². The van der Waals surface area contributed by atoms with Crippen molar-refractivity contribution < 1.29 is 0 Å². The van der Waals surface area contributed by atoms with E-state index in [0.29, 0.717) is 11.3 Å². The topological polar surface area (TPSA) is 6.48 Å². The summed E-state index contributed by atoms with van der Waals surface area (Å²) in [6, 6.07) is 0. The van der Waals surface area contributed by atoms with Gasteiger partial charge in [-0.15, -0.1) is 0 Å². The molecule has 0 aromatic rings. The maximum absolute atomic E-state index is 4.23. The second-order valence-corrected chi connectivity index (χ2v) is 7.13. The maximum Gasteiger partial charge on any atom is 0.0177 e. The van der Waals surface area contributed by atoms with E-state index in [1.54, 1.807) is 0 Å². The second-order valence-electron chi connectivity index (χ2n) is 7.13. The average molecular weight is 252 g/mol. The molecule has 0 atom stereocenters. The van der Waals surface area contributed by atoms with Gasteiger partial charge in [-0.25, -0.2) is 0 Å². The van der Waals surface area contributed by atoms with Gasteiger partial charge in [0.25, 0.3) is 0 Å². The zero-order chi connectivity index (χ0) is 13.9. The first-order valence-corrected chi connectivity index (χ1v) is 7.32. The summed E-state index contributed by atoms with van der Waals surface area (Å²) >= 11 is 0. The van der Waals surface area contributed by atoms with Crippen LogP contribution in [0, 0.1) is 17.3 Å². The van der Waals surface area contributed by atoms with Gasteiger partial charge in [0, 0.05) is 25.3 Å². The van der Waals surface area contributed by atoms with Crippen LogP contribution in [-0.4, -0.2) is 43.5 Å². The molecule has 18 heavy (non-hydrogen) atoms. The highest BCUT2D eigenvalue weighted by atomic mass is 15.1. The van der Waals surface area contributed by atoms with E-state index in [1.165, 1.54) is 38.2 Å². The lowest BCUT2D eigenvalue weighted by Crippen LogP contribution is -2.42. The first kappa shape index (κ1) is 15.6. The molecule has 1 rings (SSSR count). The van der Waals surface area contributed by atoms with Crippen LogP contribution < -0.4 is 0 Å². The van der Waals surface area contributed by atoms with Gasteiger partial charge in [-0.2, -0.15) is 0 Å². The minimum Gasteiger partial charge on any atom is -0.375 e. The quantitative estimate of drug-likeness (QED) is 0.739. The van der Waals surface area contributed by atoms with Crippen LogP contribution in [0.2, 0.25) is 0 Å². The second kappa shape index (κ2) is 6.10. The summed E-state index contributed by atoms with van der Waals surface area (Å²) in [5, 5.41) is 0. The smallest absolute Gasteiger partial charge is 0.0177 e. The summed E-state index contributed by atoms with van der Waals surface area (Å²) in [4.78, 5) is 4.81. The minimum atomic E-state index is 0.425. The standard InChI is InChI=1S/C16H32N2/c1-13(2)14(3)18-10-8-15(9-11-18)16(4,5)12-17(6)7/h13,15H,3,8-12H2,1-2,4-7H3. The Bertz CT molecular complexity index is 271. The van der Waals surface area contributed by atoms with Crippen LogP contribution in [0.1, 0.15) is 40.5 Å². The summed E-state index contributed by atoms with van der Waals surface area (Å²) in [6.45, 7) is 17.1. The number of allylic oxidation sites excluding steroid dienone is 1. The molecule has 0 aromatic carbocycles. The van der Waals surface area contributed by atoms with E-state index in [-0.39, 0.29) is 0 Å². The first-order valence-electron chi connectivity index (χ1n) is 7.32. The highest BCUT2D eigenvalue weighted by Gasteiger charge is 2.33. The minimum absolute atomic E-state index is 0.425. The van der Waals surface area contributed by atoms with Crippen LogP contribution in [0.15, 0.2) is 12.3 Å². The van der Waals surface area contributed by atoms with Crippen molar-refractivity contribution in [3.63, 3.8) is 0 Å². The summed E-state index contributed by atoms with van der Waals surface area (Å²) < 4.78 is 0. The summed E-state index contributed by atoms with van der Waals surface area (Å²) in [5.74, 6) is 1.42. The van der Waals surface area contributed by atoms with Gasteiger partial charge < -0.3 is 9.80 Å². The molecule has 1 fully saturated rings. The van der Waals surface area contributed by atoms with Crippen molar-refractivity contribution in [2.75, 3.05) is 33.7 Å². The van der Waals surface area contributed by atoms with Gasteiger partial charge in [-0.05, 0) is 44.2 Å². The zero-order valence-electron chi connectivity index (χ0n) is 13.3. The van der Waals surface area contributed by atoms with Crippen LogP contribution in [0.5, 0.6) is 0 Å². The molecule has 106 valence electrons. The molecule has 0 radical (unpaired) electrons. The molecule has 0 spiro atoms. The molecule has 1 saturated heterocycles. The molecule has 2 heteroatoms. The molecule has 0 amide bonds. The molecule has 0 aliphatic carbocycles. The highest BCUT2D eigenvalue weighted by molar-refractivity contribution is 4.99. The zero-order valence-corrected chi connectivity index (χ0v) is 13.3. The van der Waals surface area contributed by atoms with E-state index in [2.05, 4.69) is 58.2 Å². The van der Waals surface area contributed by atoms with Crippen LogP contribution in [0.4, 0.5) is 0 Å². The lowest BCUT2D eigenvalue weighted by Gasteiger charge is -2.43. The summed E-state index contributed by atoms with van der Waals surface area (Å²) in [7, 11) is 4.36. The lowest BCUT2D eigenvalue weighted by molar-refractivity contribution is 0.0879. The van der Waals surface area contributed by atoms with Crippen molar-refractivity contribution in [3.05, 3.63) is 12.3 Å². The fourth-order valence-corrected chi connectivity index (χ4v) is 3.26. The fraction of sp³-hybridized carbons (Fsp3) is 0.875. The SMILES string of the molecule is C=C(C(C)C)N1CCC(C(C)(C)CN(C)C)CC1. The van der Waals surface area contributed by atoms with Crippen molar-refractivity contribution >= 4 is 0 Å². The number of rotatable bonds is 5. The van der Waals surface area contributed by atoms with Crippen LogP contribution in [0.3, 0.4) is 0 Å². The number of hydrogen-bond donors (Lipinski definition) is 0. The van der Waals surface area contributed by atoms with Crippen molar-refractivity contribution in [1.82, 2.24) is 9.80 Å². The molecular weight excluding hydrogens is 220 g/mol. The predicted octanol–water partition coefficient (Wildman–Crippen LogP) is 3.46. The Morgan fingerprint density at radius 3 is 2.17 bits per heavy atom. The molecule has 1 aliphatic heterocycles. The monoisotopic (exact) mass is 252 g/mol. The Labute approximate surface area is 114 Å². The van der Waals surface area contributed by atoms with Gasteiger partial charge in [0.1, 0.15) is 0 Å². The average Bonchev–Trinajstić information content (AvgIpc) is 2.26. The number of piperidine rings is 1. The molecule has 0 saturated carbocycles. The Kier molecular flexibility index (Phi) is 5.27. The van der Waals surface area contributed by atoms with E-state index in [0.717, 1.165) is 5.92 Å². The third-order valence-electron chi connectivity index (χ3n) is 4.40.